The van der Waals surface area contributed by atoms with Crippen molar-refractivity contribution in [3.8, 4) is 11.1 Å². The van der Waals surface area contributed by atoms with Crippen molar-refractivity contribution in [1.82, 2.24) is 4.98 Å². The molecular weight excluding hydrogens is 273 g/mol. The summed E-state index contributed by atoms with van der Waals surface area (Å²) >= 11 is 13.5. The summed E-state index contributed by atoms with van der Waals surface area (Å²) in [4.78, 5) is 4.24. The number of halogens is 2. The lowest BCUT2D eigenvalue weighted by Gasteiger charge is -2.04. The molecule has 0 aliphatic rings. The van der Waals surface area contributed by atoms with E-state index in [2.05, 4.69) is 11.1 Å². The molecule has 0 amide bonds. The van der Waals surface area contributed by atoms with Gasteiger partial charge in [-0.25, -0.2) is 0 Å². The fraction of sp³-hybridized carbons (Fsp3) is 0. The number of hydrogen-bond donors (Lipinski definition) is 0. The Bertz CT molecular complexity index is 685. The Morgan fingerprint density at radius 3 is 2.59 bits per heavy atom. The summed E-state index contributed by atoms with van der Waals surface area (Å²) in [5.74, 6) is 0. The number of rotatable bonds is 1. The van der Waals surface area contributed by atoms with Crippen LogP contribution in [0.5, 0.6) is 0 Å². The van der Waals surface area contributed by atoms with E-state index >= 15 is 0 Å². The first-order valence-electron chi connectivity index (χ1n) is 5.03. The second-order valence-corrected chi connectivity index (χ2v) is 5.93. The van der Waals surface area contributed by atoms with Crippen LogP contribution < -0.4 is 0 Å². The Balaban J connectivity index is 2.34. The first-order chi connectivity index (χ1) is 8.25. The van der Waals surface area contributed by atoms with Crippen molar-refractivity contribution in [2.24, 2.45) is 0 Å². The van der Waals surface area contributed by atoms with Crippen molar-refractivity contribution in [3.05, 3.63) is 51.4 Å². The number of hydrogen-bond acceptors (Lipinski definition) is 2. The van der Waals surface area contributed by atoms with Crippen molar-refractivity contribution < 1.29 is 0 Å². The third kappa shape index (κ3) is 1.93. The van der Waals surface area contributed by atoms with E-state index in [9.17, 15) is 0 Å². The monoisotopic (exact) mass is 279 g/mol. The summed E-state index contributed by atoms with van der Waals surface area (Å²) in [6.45, 7) is 0. The van der Waals surface area contributed by atoms with Gasteiger partial charge in [-0.1, -0.05) is 47.5 Å². The van der Waals surface area contributed by atoms with Crippen LogP contribution in [0.1, 0.15) is 0 Å². The van der Waals surface area contributed by atoms with Crippen LogP contribution in [-0.2, 0) is 0 Å². The van der Waals surface area contributed by atoms with Crippen molar-refractivity contribution in [3.63, 3.8) is 0 Å². The number of thiophene rings is 1. The third-order valence-electron chi connectivity index (χ3n) is 2.62. The molecule has 0 atom stereocenters. The Labute approximate surface area is 113 Å². The molecule has 0 unspecified atom stereocenters. The molecule has 84 valence electrons. The fourth-order valence-electron chi connectivity index (χ4n) is 1.86. The standard InChI is InChI=1S/C13H7Cl2NS/c14-12-5-10(13(15)17-12)11-7-16-6-8-3-1-2-4-9(8)11/h1-7H. The molecule has 17 heavy (non-hydrogen) atoms. The Morgan fingerprint density at radius 1 is 1.00 bits per heavy atom. The van der Waals surface area contributed by atoms with Crippen molar-refractivity contribution >= 4 is 45.3 Å². The average Bonchev–Trinajstić information content (AvgIpc) is 2.68. The molecule has 0 saturated carbocycles. The Hall–Kier alpha value is -1.09. The smallest absolute Gasteiger partial charge is 0.102 e. The number of nitrogens with zero attached hydrogens (tertiary/aromatic N) is 1. The van der Waals surface area contributed by atoms with Crippen LogP contribution in [0.15, 0.2) is 42.7 Å². The second-order valence-electron chi connectivity index (χ2n) is 3.65. The van der Waals surface area contributed by atoms with Gasteiger partial charge in [0, 0.05) is 28.9 Å². The summed E-state index contributed by atoms with van der Waals surface area (Å²) < 4.78 is 1.39. The van der Waals surface area contributed by atoms with Gasteiger partial charge in [0.05, 0.1) is 4.34 Å². The minimum Gasteiger partial charge on any atom is -0.263 e. The molecule has 0 bridgehead atoms. The van der Waals surface area contributed by atoms with Gasteiger partial charge in [-0.3, -0.25) is 4.98 Å². The molecule has 1 aromatic carbocycles. The average molecular weight is 280 g/mol. The maximum absolute atomic E-state index is 6.19. The van der Waals surface area contributed by atoms with Gasteiger partial charge < -0.3 is 0 Å². The number of pyridine rings is 1. The number of aromatic nitrogens is 1. The number of benzene rings is 1. The lowest BCUT2D eigenvalue weighted by atomic mass is 10.0. The van der Waals surface area contributed by atoms with Gasteiger partial charge in [-0.15, -0.1) is 11.3 Å². The molecular formula is C13H7Cl2NS. The first kappa shape index (κ1) is 11.0. The first-order valence-corrected chi connectivity index (χ1v) is 6.61. The molecule has 0 spiro atoms. The molecule has 3 rings (SSSR count). The van der Waals surface area contributed by atoms with Crippen LogP contribution in [0.2, 0.25) is 8.67 Å². The summed E-state index contributed by atoms with van der Waals surface area (Å²) in [6, 6.07) is 9.99. The van der Waals surface area contributed by atoms with Crippen LogP contribution in [0.25, 0.3) is 21.9 Å². The molecule has 2 heterocycles. The highest BCUT2D eigenvalue weighted by Gasteiger charge is 2.11. The minimum absolute atomic E-state index is 0.693. The maximum atomic E-state index is 6.19. The summed E-state index contributed by atoms with van der Waals surface area (Å²) in [5, 5.41) is 2.24. The van der Waals surface area contributed by atoms with Crippen LogP contribution >= 0.6 is 34.5 Å². The van der Waals surface area contributed by atoms with Gasteiger partial charge in [-0.05, 0) is 11.5 Å². The summed E-state index contributed by atoms with van der Waals surface area (Å²) in [6.07, 6.45) is 3.67. The highest BCUT2D eigenvalue weighted by atomic mass is 35.5. The van der Waals surface area contributed by atoms with E-state index in [0.717, 1.165) is 21.9 Å². The van der Waals surface area contributed by atoms with Crippen molar-refractivity contribution in [2.45, 2.75) is 0 Å². The lowest BCUT2D eigenvalue weighted by Crippen LogP contribution is -1.82. The molecule has 3 aromatic rings. The van der Waals surface area contributed by atoms with Crippen LogP contribution in [0.4, 0.5) is 0 Å². The molecule has 2 aromatic heterocycles. The van der Waals surface area contributed by atoms with E-state index in [-0.39, 0.29) is 0 Å². The van der Waals surface area contributed by atoms with E-state index in [0.29, 0.717) is 8.67 Å². The molecule has 0 radical (unpaired) electrons. The zero-order valence-electron chi connectivity index (χ0n) is 8.65. The van der Waals surface area contributed by atoms with Gasteiger partial charge >= 0.3 is 0 Å². The highest BCUT2D eigenvalue weighted by Crippen LogP contribution is 2.40. The molecule has 0 aliphatic heterocycles. The van der Waals surface area contributed by atoms with E-state index in [1.165, 1.54) is 11.3 Å². The molecule has 0 aliphatic carbocycles. The zero-order valence-corrected chi connectivity index (χ0v) is 11.0. The topological polar surface area (TPSA) is 12.9 Å². The fourth-order valence-corrected chi connectivity index (χ4v) is 3.35. The van der Waals surface area contributed by atoms with Gasteiger partial charge in [0.15, 0.2) is 0 Å². The van der Waals surface area contributed by atoms with Crippen LogP contribution in [0, 0.1) is 0 Å². The summed E-state index contributed by atoms with van der Waals surface area (Å²) in [7, 11) is 0. The van der Waals surface area contributed by atoms with E-state index in [1.807, 2.05) is 36.7 Å². The second kappa shape index (κ2) is 4.30. The largest absolute Gasteiger partial charge is 0.263 e. The highest BCUT2D eigenvalue weighted by molar-refractivity contribution is 7.20. The Kier molecular flexibility index (Phi) is 2.79. The molecule has 4 heteroatoms. The molecule has 0 fully saturated rings. The zero-order chi connectivity index (χ0) is 11.8. The van der Waals surface area contributed by atoms with Crippen LogP contribution in [0.3, 0.4) is 0 Å². The van der Waals surface area contributed by atoms with Crippen molar-refractivity contribution in [1.29, 1.82) is 0 Å². The Morgan fingerprint density at radius 2 is 1.82 bits per heavy atom. The van der Waals surface area contributed by atoms with Crippen molar-refractivity contribution in [2.75, 3.05) is 0 Å². The summed E-state index contributed by atoms with van der Waals surface area (Å²) in [5.41, 5.74) is 1.97. The lowest BCUT2D eigenvalue weighted by molar-refractivity contribution is 1.36. The van der Waals surface area contributed by atoms with E-state index in [4.69, 9.17) is 23.2 Å². The van der Waals surface area contributed by atoms with E-state index in [1.54, 1.807) is 0 Å². The van der Waals surface area contributed by atoms with Gasteiger partial charge in [0.25, 0.3) is 0 Å². The predicted octanol–water partition coefficient (Wildman–Crippen LogP) is 5.27. The molecule has 1 nitrogen and oxygen atoms in total. The van der Waals surface area contributed by atoms with Gasteiger partial charge in [-0.2, -0.15) is 0 Å². The SMILES string of the molecule is Clc1cc(-c2cncc3ccccc23)c(Cl)s1. The van der Waals surface area contributed by atoms with E-state index < -0.39 is 0 Å². The maximum Gasteiger partial charge on any atom is 0.102 e. The molecule has 0 saturated heterocycles. The van der Waals surface area contributed by atoms with Gasteiger partial charge in [0.1, 0.15) is 4.34 Å². The molecule has 0 N–H and O–H groups in total. The predicted molar refractivity (Wildman–Crippen MR) is 75.1 cm³/mol. The number of fused-ring (bicyclic) bond motifs is 1. The minimum atomic E-state index is 0.693. The third-order valence-corrected chi connectivity index (χ3v) is 4.10. The van der Waals surface area contributed by atoms with Crippen LogP contribution in [-0.4, -0.2) is 4.98 Å². The quantitative estimate of drug-likeness (QED) is 0.591. The van der Waals surface area contributed by atoms with Gasteiger partial charge in [0.2, 0.25) is 0 Å². The normalized spacial score (nSPS) is 10.9.